The van der Waals surface area contributed by atoms with Crippen molar-refractivity contribution in [3.8, 4) is 40.2 Å². The smallest absolute Gasteiger partial charge is 0.309 e. The molecule has 1 saturated carbocycles. The number of ether oxygens (including phenoxy) is 13. The maximum absolute atomic E-state index is 14.0. The highest BCUT2D eigenvalue weighted by Gasteiger charge is 2.29. The third kappa shape index (κ3) is 34.1. The monoisotopic (exact) mass is 1900 g/mol. The molecule has 1 N–H and O–H groups in total. The van der Waals surface area contributed by atoms with Gasteiger partial charge in [0.1, 0.15) is 45.4 Å². The fourth-order valence-corrected chi connectivity index (χ4v) is 14.4. The number of esters is 6. The van der Waals surface area contributed by atoms with E-state index < -0.39 is 11.6 Å². The Hall–Kier alpha value is -14.4. The summed E-state index contributed by atoms with van der Waals surface area (Å²) in [6.45, 7) is 20.0. The molecule has 0 saturated heterocycles. The Morgan fingerprint density at radius 2 is 0.500 bits per heavy atom. The number of aryl methyl sites for hydroxylation is 9. The molecule has 0 radical (unpaired) electrons. The Kier molecular flexibility index (Phi) is 43.9. The van der Waals surface area contributed by atoms with Crippen LogP contribution in [0.5, 0.6) is 40.2 Å². The van der Waals surface area contributed by atoms with Crippen LogP contribution >= 0.6 is 0 Å². The summed E-state index contributed by atoms with van der Waals surface area (Å²) >= 11 is 0. The number of methoxy groups -OCH3 is 6. The zero-order chi connectivity index (χ0) is 100. The van der Waals surface area contributed by atoms with Gasteiger partial charge in [-0.15, -0.1) is 0 Å². The van der Waals surface area contributed by atoms with E-state index in [2.05, 4.69) is 10.8 Å². The molecule has 1 aliphatic carbocycles. The summed E-state index contributed by atoms with van der Waals surface area (Å²) in [5.41, 5.74) is 19.8. The Balaban J connectivity index is 0.000000203. The molecule has 0 bridgehead atoms. The molecule has 1 aliphatic rings. The minimum atomic E-state index is -0.444. The Morgan fingerprint density at radius 3 is 0.775 bits per heavy atom. The Bertz CT molecular complexity index is 5870. The number of halogens is 6. The van der Waals surface area contributed by atoms with Crippen LogP contribution in [-0.4, -0.2) is 90.2 Å². The quantitative estimate of drug-likeness (QED) is 0.0220. The van der Waals surface area contributed by atoms with E-state index in [-0.39, 0.29) is 178 Å². The first-order valence-electron chi connectivity index (χ1n) is 44.8. The highest BCUT2D eigenvalue weighted by Crippen LogP contribution is 2.43. The molecule has 0 atom stereocenters. The van der Waals surface area contributed by atoms with Crippen LogP contribution in [0.2, 0.25) is 0 Å². The van der Waals surface area contributed by atoms with Gasteiger partial charge in [0.15, 0.2) is 69.4 Å². The van der Waals surface area contributed by atoms with E-state index in [1.54, 1.807) is 104 Å². The van der Waals surface area contributed by atoms with Crippen molar-refractivity contribution >= 4 is 35.8 Å². The van der Waals surface area contributed by atoms with Crippen LogP contribution < -0.4 is 33.2 Å². The molecular formula is C112H120F6O20. The molecule has 0 spiro atoms. The predicted molar refractivity (Wildman–Crippen MR) is 514 cm³/mol. The third-order valence-corrected chi connectivity index (χ3v) is 22.3. The highest BCUT2D eigenvalue weighted by molar-refractivity contribution is 5.76. The zero-order valence-corrected chi connectivity index (χ0v) is 80.9. The molecule has 12 aromatic carbocycles. The lowest BCUT2D eigenvalue weighted by Gasteiger charge is -2.16. The maximum atomic E-state index is 14.0. The van der Waals surface area contributed by atoms with Crippen LogP contribution in [0.3, 0.4) is 0 Å². The summed E-state index contributed by atoms with van der Waals surface area (Å²) in [7, 11) is 8.11. The standard InChI is InChI=1S/C20H21FO3.C19H21FO4.C19H21FO3.C18H19FO4.2C18H19FO3/c1-13-6-9-19(18(21)10-13)24-12-17-15(11-20(22)23-2)4-3-5-16(17)14-7-8-14;1-4-23-17-7-5-6-14(11-19(21)22-3)15(17)12-24-18-9-8-13(2)10-16(18)20;1-4-14-6-5-7-15(11-19(21)22-3)16(14)12-23-18-9-8-13(2)10-17(18)20;1-12-6-7-17(16(19)8-12)23-11-15-13(9-18(21)22-2)4-3-5-14(15)10-20;2*1-12-7-8-17(16(19)9-12)22-11-15-13(2)5-4-6-14(15)10-18(20)21-3/h3-6,9-10,14H,7-8,11-12H2,1-2H3;5-10H,4,11-12H2,1-3H3;5-10H,4,11-12H2,1-3H3;3-8,20H,9-11H2,1-2H3;2*4-9H,10-11H2,1-3H3. The topological polar surface area (TPSA) is 243 Å². The molecule has 1 fully saturated rings. The number of aliphatic hydroxyl groups excluding tert-OH is 1. The lowest BCUT2D eigenvalue weighted by molar-refractivity contribution is -0.140. The van der Waals surface area contributed by atoms with Gasteiger partial charge in [-0.2, -0.15) is 0 Å². The van der Waals surface area contributed by atoms with Crippen molar-refractivity contribution < 1.29 is 122 Å². The number of carbonyl (C=O) groups excluding carboxylic acids is 6. The second-order valence-corrected chi connectivity index (χ2v) is 32.5. The van der Waals surface area contributed by atoms with Gasteiger partial charge in [-0.3, -0.25) is 28.8 Å². The van der Waals surface area contributed by atoms with Crippen molar-refractivity contribution in [3.63, 3.8) is 0 Å². The van der Waals surface area contributed by atoms with E-state index in [1.807, 2.05) is 141 Å². The molecule has 0 amide bonds. The van der Waals surface area contributed by atoms with Gasteiger partial charge in [-0.05, 0) is 289 Å². The van der Waals surface area contributed by atoms with E-state index in [0.29, 0.717) is 40.5 Å². The molecule has 20 nitrogen and oxygen atoms in total. The fraction of sp³-hybridized carbons (Fsp3) is 0.304. The van der Waals surface area contributed by atoms with Crippen molar-refractivity contribution in [2.24, 2.45) is 0 Å². The largest absolute Gasteiger partial charge is 0.493 e. The average molecular weight is 1900 g/mol. The first-order valence-corrected chi connectivity index (χ1v) is 44.8. The van der Waals surface area contributed by atoms with E-state index in [0.717, 1.165) is 119 Å². The van der Waals surface area contributed by atoms with Crippen molar-refractivity contribution in [3.05, 3.63) is 381 Å². The van der Waals surface area contributed by atoms with Crippen molar-refractivity contribution in [1.82, 2.24) is 0 Å². The van der Waals surface area contributed by atoms with Gasteiger partial charge < -0.3 is 66.7 Å². The molecule has 12 aromatic rings. The Labute approximate surface area is 803 Å². The van der Waals surface area contributed by atoms with Crippen molar-refractivity contribution in [1.29, 1.82) is 0 Å². The third-order valence-electron chi connectivity index (χ3n) is 22.3. The minimum absolute atomic E-state index is 0.0586. The van der Waals surface area contributed by atoms with Crippen LogP contribution in [0.4, 0.5) is 26.3 Å². The summed E-state index contributed by atoms with van der Waals surface area (Å²) in [5.74, 6) is -2.05. The molecule has 730 valence electrons. The minimum Gasteiger partial charge on any atom is -0.493 e. The summed E-state index contributed by atoms with van der Waals surface area (Å²) in [6, 6.07) is 62.7. The number of hydrogen-bond acceptors (Lipinski definition) is 20. The fourth-order valence-electron chi connectivity index (χ4n) is 14.4. The normalized spacial score (nSPS) is 10.9. The number of benzene rings is 12. The van der Waals surface area contributed by atoms with E-state index in [1.165, 1.54) is 84.6 Å². The first kappa shape index (κ1) is 109. The van der Waals surface area contributed by atoms with Crippen LogP contribution in [0, 0.1) is 90.3 Å². The van der Waals surface area contributed by atoms with Gasteiger partial charge in [0, 0.05) is 5.56 Å². The van der Waals surface area contributed by atoms with Crippen molar-refractivity contribution in [2.75, 3.05) is 49.3 Å². The highest BCUT2D eigenvalue weighted by atomic mass is 19.1. The second kappa shape index (κ2) is 55.6. The predicted octanol–water partition coefficient (Wildman–Crippen LogP) is 22.5. The van der Waals surface area contributed by atoms with Gasteiger partial charge in [-0.1, -0.05) is 146 Å². The summed E-state index contributed by atoms with van der Waals surface area (Å²) in [6.07, 6.45) is 4.00. The molecule has 0 aromatic heterocycles. The van der Waals surface area contributed by atoms with Crippen LogP contribution in [0.15, 0.2) is 218 Å². The lowest BCUT2D eigenvalue weighted by atomic mass is 9.96. The maximum Gasteiger partial charge on any atom is 0.309 e. The van der Waals surface area contributed by atoms with E-state index in [4.69, 9.17) is 56.8 Å². The van der Waals surface area contributed by atoms with E-state index in [9.17, 15) is 60.2 Å². The molecule has 26 heteroatoms. The summed E-state index contributed by atoms with van der Waals surface area (Å²) in [5, 5.41) is 9.48. The van der Waals surface area contributed by atoms with Gasteiger partial charge >= 0.3 is 35.8 Å². The average Bonchev–Trinajstić information content (AvgIpc) is 1.67. The zero-order valence-electron chi connectivity index (χ0n) is 80.9. The van der Waals surface area contributed by atoms with E-state index >= 15 is 0 Å². The van der Waals surface area contributed by atoms with Crippen LogP contribution in [-0.2, 0) is 148 Å². The first-order chi connectivity index (χ1) is 66.2. The Morgan fingerprint density at radius 1 is 0.268 bits per heavy atom. The summed E-state index contributed by atoms with van der Waals surface area (Å²) < 4.78 is 151. The van der Waals surface area contributed by atoms with Crippen molar-refractivity contribution in [2.45, 2.75) is 179 Å². The van der Waals surface area contributed by atoms with Crippen LogP contribution in [0.1, 0.15) is 161 Å². The number of rotatable bonds is 35. The lowest BCUT2D eigenvalue weighted by Crippen LogP contribution is -2.11. The SMILES string of the molecule is CCOc1cccc(CC(=O)OC)c1COc1ccc(C)cc1F.CCc1cccc(CC(=O)OC)c1COc1ccc(C)cc1F.COC(=O)Cc1cccc(C)c1COc1ccc(C)cc1F.COC(=O)Cc1cccc(C)c1COc1ccc(C)cc1F.COC(=O)Cc1cccc(C2CC2)c1COc1ccc(C)cc1F.COC(=O)Cc1cccc(CO)c1COc1ccc(C)cc1F. The molecule has 0 heterocycles. The number of hydrogen-bond donors (Lipinski definition) is 1. The molecule has 138 heavy (non-hydrogen) atoms. The van der Waals surface area contributed by atoms with Gasteiger partial charge in [0.25, 0.3) is 0 Å². The van der Waals surface area contributed by atoms with Gasteiger partial charge in [0.05, 0.1) is 94.4 Å². The van der Waals surface area contributed by atoms with Gasteiger partial charge in [-0.25, -0.2) is 26.3 Å². The number of carbonyl (C=O) groups is 6. The van der Waals surface area contributed by atoms with Crippen LogP contribution in [0.25, 0.3) is 0 Å². The number of aliphatic hydroxyl groups is 1. The molecule has 0 aliphatic heterocycles. The summed E-state index contributed by atoms with van der Waals surface area (Å²) in [4.78, 5) is 69.3. The molecule has 0 unspecified atom stereocenters. The molecular weight excluding hydrogens is 1780 g/mol. The molecule has 13 rings (SSSR count). The van der Waals surface area contributed by atoms with Gasteiger partial charge in [0.2, 0.25) is 0 Å². The second-order valence-electron chi connectivity index (χ2n) is 32.5.